The van der Waals surface area contributed by atoms with Gasteiger partial charge in [0.2, 0.25) is 0 Å². The van der Waals surface area contributed by atoms with Crippen LogP contribution >= 0.6 is 0 Å². The maximum absolute atomic E-state index is 11.7. The van der Waals surface area contributed by atoms with Crippen LogP contribution in [0.1, 0.15) is 19.4 Å². The lowest BCUT2D eigenvalue weighted by Crippen LogP contribution is -2.45. The molecule has 2 atom stereocenters. The van der Waals surface area contributed by atoms with Gasteiger partial charge in [0, 0.05) is 12.6 Å². The van der Waals surface area contributed by atoms with Gasteiger partial charge >= 0.3 is 12.0 Å². The van der Waals surface area contributed by atoms with Gasteiger partial charge < -0.3 is 20.5 Å². The molecule has 0 fully saturated rings. The van der Waals surface area contributed by atoms with Gasteiger partial charge in [-0.3, -0.25) is 4.79 Å². The Morgan fingerprint density at radius 2 is 2.05 bits per heavy atom. The molecule has 1 aromatic carbocycles. The highest BCUT2D eigenvalue weighted by molar-refractivity contribution is 5.76. The minimum atomic E-state index is -0.931. The van der Waals surface area contributed by atoms with Crippen molar-refractivity contribution in [2.45, 2.75) is 26.3 Å². The zero-order valence-electron chi connectivity index (χ0n) is 12.6. The minimum absolute atomic E-state index is 0.363. The van der Waals surface area contributed by atoms with E-state index >= 15 is 0 Å². The quantitative estimate of drug-likeness (QED) is 0.713. The number of nitrogens with one attached hydrogen (secondary N) is 2. The predicted molar refractivity (Wildman–Crippen MR) is 79.5 cm³/mol. The maximum atomic E-state index is 11.7. The van der Waals surface area contributed by atoms with Gasteiger partial charge in [-0.25, -0.2) is 4.79 Å². The van der Waals surface area contributed by atoms with Gasteiger partial charge in [-0.15, -0.1) is 0 Å². The number of carbonyl (C=O) groups is 2. The summed E-state index contributed by atoms with van der Waals surface area (Å²) in [6, 6.07) is 6.83. The number of benzene rings is 1. The van der Waals surface area contributed by atoms with E-state index in [1.807, 2.05) is 24.3 Å². The van der Waals surface area contributed by atoms with Crippen LogP contribution in [0.4, 0.5) is 4.79 Å². The van der Waals surface area contributed by atoms with E-state index in [4.69, 9.17) is 9.84 Å². The van der Waals surface area contributed by atoms with E-state index < -0.39 is 17.9 Å². The molecule has 0 saturated heterocycles. The third kappa shape index (κ3) is 5.72. The Labute approximate surface area is 124 Å². The first-order valence-electron chi connectivity index (χ1n) is 6.84. The molecule has 0 radical (unpaired) electrons. The number of rotatable bonds is 7. The summed E-state index contributed by atoms with van der Waals surface area (Å²) >= 11 is 0. The van der Waals surface area contributed by atoms with Crippen molar-refractivity contribution in [2.75, 3.05) is 13.7 Å². The number of carboxylic acids is 1. The van der Waals surface area contributed by atoms with Gasteiger partial charge in [0.1, 0.15) is 5.75 Å². The lowest BCUT2D eigenvalue weighted by atomic mass is 10.0. The van der Waals surface area contributed by atoms with Gasteiger partial charge in [-0.05, 0) is 38.0 Å². The smallest absolute Gasteiger partial charge is 0.315 e. The highest BCUT2D eigenvalue weighted by atomic mass is 16.5. The highest BCUT2D eigenvalue weighted by Gasteiger charge is 2.20. The van der Waals surface area contributed by atoms with Crippen molar-refractivity contribution < 1.29 is 19.4 Å². The number of urea groups is 1. The van der Waals surface area contributed by atoms with Crippen molar-refractivity contribution in [3.8, 4) is 5.75 Å². The van der Waals surface area contributed by atoms with Crippen LogP contribution in [0.2, 0.25) is 0 Å². The molecule has 0 aliphatic heterocycles. The van der Waals surface area contributed by atoms with E-state index in [1.165, 1.54) is 0 Å². The summed E-state index contributed by atoms with van der Waals surface area (Å²) in [6.07, 6.45) is 0.674. The maximum Gasteiger partial charge on any atom is 0.315 e. The fraction of sp³-hybridized carbons (Fsp3) is 0.467. The van der Waals surface area contributed by atoms with Crippen molar-refractivity contribution in [2.24, 2.45) is 5.92 Å². The Morgan fingerprint density at radius 1 is 1.33 bits per heavy atom. The molecule has 0 spiro atoms. The summed E-state index contributed by atoms with van der Waals surface area (Å²) in [6.45, 7) is 3.69. The molecule has 0 aliphatic rings. The first kappa shape index (κ1) is 16.8. The molecule has 0 saturated carbocycles. The average Bonchev–Trinajstić information content (AvgIpc) is 2.46. The third-order valence-corrected chi connectivity index (χ3v) is 3.33. The summed E-state index contributed by atoms with van der Waals surface area (Å²) in [5.74, 6) is -0.783. The number of hydrogen-bond acceptors (Lipinski definition) is 3. The molecule has 0 aliphatic carbocycles. The summed E-state index contributed by atoms with van der Waals surface area (Å²) in [5.41, 5.74) is 1.06. The molecule has 116 valence electrons. The number of hydrogen-bond donors (Lipinski definition) is 3. The van der Waals surface area contributed by atoms with Crippen molar-refractivity contribution in [1.82, 2.24) is 10.6 Å². The first-order chi connectivity index (χ1) is 9.93. The van der Waals surface area contributed by atoms with Crippen LogP contribution in [0.3, 0.4) is 0 Å². The Kier molecular flexibility index (Phi) is 6.52. The summed E-state index contributed by atoms with van der Waals surface area (Å²) in [5, 5.41) is 14.2. The van der Waals surface area contributed by atoms with Crippen molar-refractivity contribution >= 4 is 12.0 Å². The fourth-order valence-corrected chi connectivity index (χ4v) is 1.75. The number of ether oxygens (including phenoxy) is 1. The van der Waals surface area contributed by atoms with Crippen LogP contribution in [0.5, 0.6) is 5.75 Å². The lowest BCUT2D eigenvalue weighted by molar-refractivity contribution is -0.141. The lowest BCUT2D eigenvalue weighted by Gasteiger charge is -2.18. The van der Waals surface area contributed by atoms with E-state index in [0.717, 1.165) is 11.3 Å². The zero-order chi connectivity index (χ0) is 15.8. The van der Waals surface area contributed by atoms with Crippen LogP contribution in [-0.2, 0) is 11.2 Å². The SMILES string of the molecule is COc1cccc(CCNC(=O)NC(C)C(C)C(=O)O)c1. The standard InChI is InChI=1S/C15H22N2O4/c1-10(14(18)19)11(2)17-15(20)16-8-7-12-5-4-6-13(9-12)21-3/h4-6,9-11H,7-8H2,1-3H3,(H,18,19)(H2,16,17,20). The Morgan fingerprint density at radius 3 is 2.67 bits per heavy atom. The zero-order valence-corrected chi connectivity index (χ0v) is 12.6. The topological polar surface area (TPSA) is 87.7 Å². The minimum Gasteiger partial charge on any atom is -0.497 e. The number of amides is 2. The average molecular weight is 294 g/mol. The van der Waals surface area contributed by atoms with E-state index in [2.05, 4.69) is 10.6 Å². The number of carbonyl (C=O) groups excluding carboxylic acids is 1. The largest absolute Gasteiger partial charge is 0.497 e. The molecule has 1 aromatic rings. The Balaban J connectivity index is 2.34. The first-order valence-corrected chi connectivity index (χ1v) is 6.84. The number of aliphatic carboxylic acids is 1. The van der Waals surface area contributed by atoms with Gasteiger partial charge in [-0.2, -0.15) is 0 Å². The molecule has 3 N–H and O–H groups in total. The van der Waals surface area contributed by atoms with Gasteiger partial charge in [0.05, 0.1) is 13.0 Å². The molecule has 2 amide bonds. The summed E-state index contributed by atoms with van der Waals surface area (Å²) in [4.78, 5) is 22.5. The van der Waals surface area contributed by atoms with Crippen LogP contribution in [0.15, 0.2) is 24.3 Å². The second-order valence-electron chi connectivity index (χ2n) is 4.92. The van der Waals surface area contributed by atoms with Crippen molar-refractivity contribution in [3.63, 3.8) is 0 Å². The Bertz CT molecular complexity index is 490. The molecule has 6 heteroatoms. The molecule has 21 heavy (non-hydrogen) atoms. The molecule has 0 heterocycles. The van der Waals surface area contributed by atoms with E-state index in [9.17, 15) is 9.59 Å². The van der Waals surface area contributed by atoms with Crippen LogP contribution in [-0.4, -0.2) is 36.8 Å². The van der Waals surface area contributed by atoms with Crippen LogP contribution in [0.25, 0.3) is 0 Å². The van der Waals surface area contributed by atoms with E-state index in [-0.39, 0.29) is 6.03 Å². The Hall–Kier alpha value is -2.24. The normalized spacial score (nSPS) is 13.1. The summed E-state index contributed by atoms with van der Waals surface area (Å²) in [7, 11) is 1.61. The molecular weight excluding hydrogens is 272 g/mol. The van der Waals surface area contributed by atoms with E-state index in [0.29, 0.717) is 13.0 Å². The highest BCUT2D eigenvalue weighted by Crippen LogP contribution is 2.12. The molecule has 6 nitrogen and oxygen atoms in total. The monoisotopic (exact) mass is 294 g/mol. The second kappa shape index (κ2) is 8.14. The van der Waals surface area contributed by atoms with Gasteiger partial charge in [0.15, 0.2) is 0 Å². The number of carboxylic acid groups (broad SMARTS) is 1. The molecular formula is C15H22N2O4. The fourth-order valence-electron chi connectivity index (χ4n) is 1.75. The molecule has 2 unspecified atom stereocenters. The van der Waals surface area contributed by atoms with Gasteiger partial charge in [-0.1, -0.05) is 12.1 Å². The second-order valence-corrected chi connectivity index (χ2v) is 4.92. The number of methoxy groups -OCH3 is 1. The summed E-state index contributed by atoms with van der Waals surface area (Å²) < 4.78 is 5.13. The van der Waals surface area contributed by atoms with Crippen molar-refractivity contribution in [1.29, 1.82) is 0 Å². The predicted octanol–water partition coefficient (Wildman–Crippen LogP) is 1.65. The molecule has 1 rings (SSSR count). The van der Waals surface area contributed by atoms with Gasteiger partial charge in [0.25, 0.3) is 0 Å². The van der Waals surface area contributed by atoms with Crippen LogP contribution < -0.4 is 15.4 Å². The van der Waals surface area contributed by atoms with E-state index in [1.54, 1.807) is 21.0 Å². The molecule has 0 bridgehead atoms. The molecule has 0 aromatic heterocycles. The third-order valence-electron chi connectivity index (χ3n) is 3.33. The van der Waals surface area contributed by atoms with Crippen LogP contribution in [0, 0.1) is 5.92 Å². The van der Waals surface area contributed by atoms with Crippen molar-refractivity contribution in [3.05, 3.63) is 29.8 Å².